The second-order valence-electron chi connectivity index (χ2n) is 4.77. The molecule has 0 aromatic heterocycles. The summed E-state index contributed by atoms with van der Waals surface area (Å²) in [4.78, 5) is 4.71. The average molecular weight is 199 g/mol. The quantitative estimate of drug-likeness (QED) is 0.643. The highest BCUT2D eigenvalue weighted by atomic mass is 15.1. The van der Waals surface area contributed by atoms with Gasteiger partial charge in [-0.2, -0.15) is 0 Å². The molecule has 1 rings (SSSR count). The van der Waals surface area contributed by atoms with Crippen molar-refractivity contribution in [2.45, 2.75) is 12.8 Å². The summed E-state index contributed by atoms with van der Waals surface area (Å²) in [6.07, 6.45) is 2.65. The number of hydrogen-bond donors (Lipinski definition) is 1. The molecule has 0 saturated carbocycles. The van der Waals surface area contributed by atoms with Crippen LogP contribution >= 0.6 is 0 Å². The van der Waals surface area contributed by atoms with Gasteiger partial charge in [0.2, 0.25) is 0 Å². The van der Waals surface area contributed by atoms with Crippen molar-refractivity contribution in [3.05, 3.63) is 0 Å². The molecular weight excluding hydrogens is 174 g/mol. The highest BCUT2D eigenvalue weighted by Gasteiger charge is 2.16. The molecular formula is C11H25N3. The Hall–Kier alpha value is -0.120. The smallest absolute Gasteiger partial charge is 0.000778 e. The second-order valence-corrected chi connectivity index (χ2v) is 4.77. The Kier molecular flexibility index (Phi) is 5.45. The SMILES string of the molecule is CN(C)CCCN(C)CCC1CNC1. The van der Waals surface area contributed by atoms with Crippen LogP contribution in [0.4, 0.5) is 0 Å². The van der Waals surface area contributed by atoms with E-state index in [4.69, 9.17) is 0 Å². The third-order valence-corrected chi connectivity index (χ3v) is 2.93. The van der Waals surface area contributed by atoms with Crippen LogP contribution in [0.5, 0.6) is 0 Å². The minimum absolute atomic E-state index is 0.950. The van der Waals surface area contributed by atoms with E-state index in [2.05, 4.69) is 36.3 Å². The Balaban J connectivity index is 1.89. The molecule has 1 aliphatic heterocycles. The van der Waals surface area contributed by atoms with Gasteiger partial charge in [0.25, 0.3) is 0 Å². The van der Waals surface area contributed by atoms with Crippen molar-refractivity contribution in [1.82, 2.24) is 15.1 Å². The van der Waals surface area contributed by atoms with E-state index in [1.807, 2.05) is 0 Å². The lowest BCUT2D eigenvalue weighted by molar-refractivity contribution is 0.247. The number of hydrogen-bond acceptors (Lipinski definition) is 3. The number of nitrogens with zero attached hydrogens (tertiary/aromatic N) is 2. The minimum atomic E-state index is 0.950. The van der Waals surface area contributed by atoms with Gasteiger partial charge in [-0.05, 0) is 72.6 Å². The van der Waals surface area contributed by atoms with E-state index in [0.717, 1.165) is 5.92 Å². The molecule has 1 heterocycles. The van der Waals surface area contributed by atoms with Gasteiger partial charge in [-0.15, -0.1) is 0 Å². The van der Waals surface area contributed by atoms with Crippen molar-refractivity contribution in [1.29, 1.82) is 0 Å². The topological polar surface area (TPSA) is 18.5 Å². The first-order valence-electron chi connectivity index (χ1n) is 5.72. The van der Waals surface area contributed by atoms with E-state index in [1.165, 1.54) is 45.6 Å². The molecule has 0 radical (unpaired) electrons. The molecule has 0 unspecified atom stereocenters. The van der Waals surface area contributed by atoms with E-state index >= 15 is 0 Å². The molecule has 0 bridgehead atoms. The molecule has 1 aliphatic rings. The van der Waals surface area contributed by atoms with Gasteiger partial charge >= 0.3 is 0 Å². The molecule has 14 heavy (non-hydrogen) atoms. The normalized spacial score (nSPS) is 17.8. The van der Waals surface area contributed by atoms with E-state index in [9.17, 15) is 0 Å². The Morgan fingerprint density at radius 2 is 1.79 bits per heavy atom. The largest absolute Gasteiger partial charge is 0.316 e. The van der Waals surface area contributed by atoms with E-state index in [-0.39, 0.29) is 0 Å². The summed E-state index contributed by atoms with van der Waals surface area (Å²) in [5.74, 6) is 0.950. The van der Waals surface area contributed by atoms with Gasteiger partial charge in [-0.25, -0.2) is 0 Å². The van der Waals surface area contributed by atoms with Crippen LogP contribution < -0.4 is 5.32 Å². The monoisotopic (exact) mass is 199 g/mol. The molecule has 84 valence electrons. The van der Waals surface area contributed by atoms with Gasteiger partial charge < -0.3 is 15.1 Å². The van der Waals surface area contributed by atoms with Gasteiger partial charge in [0.15, 0.2) is 0 Å². The lowest BCUT2D eigenvalue weighted by Gasteiger charge is -2.29. The fourth-order valence-electron chi connectivity index (χ4n) is 1.72. The zero-order valence-electron chi connectivity index (χ0n) is 9.92. The van der Waals surface area contributed by atoms with Crippen molar-refractivity contribution < 1.29 is 0 Å². The average Bonchev–Trinajstić information content (AvgIpc) is 2.00. The van der Waals surface area contributed by atoms with Crippen LogP contribution in [0.15, 0.2) is 0 Å². The molecule has 1 saturated heterocycles. The highest BCUT2D eigenvalue weighted by Crippen LogP contribution is 2.08. The summed E-state index contributed by atoms with van der Waals surface area (Å²) in [7, 11) is 6.52. The van der Waals surface area contributed by atoms with Gasteiger partial charge in [0.05, 0.1) is 0 Å². The molecule has 0 aromatic carbocycles. The van der Waals surface area contributed by atoms with Crippen LogP contribution in [0, 0.1) is 5.92 Å². The van der Waals surface area contributed by atoms with Gasteiger partial charge in [-0.1, -0.05) is 0 Å². The van der Waals surface area contributed by atoms with Crippen LogP contribution in [0.2, 0.25) is 0 Å². The lowest BCUT2D eigenvalue weighted by Crippen LogP contribution is -2.43. The maximum absolute atomic E-state index is 3.32. The molecule has 0 atom stereocenters. The fraction of sp³-hybridized carbons (Fsp3) is 1.00. The second kappa shape index (κ2) is 6.38. The molecule has 0 amide bonds. The third-order valence-electron chi connectivity index (χ3n) is 2.93. The van der Waals surface area contributed by atoms with Gasteiger partial charge in [-0.3, -0.25) is 0 Å². The van der Waals surface area contributed by atoms with Crippen molar-refractivity contribution in [3.8, 4) is 0 Å². The highest BCUT2D eigenvalue weighted by molar-refractivity contribution is 4.75. The summed E-state index contributed by atoms with van der Waals surface area (Å²) in [5.41, 5.74) is 0. The van der Waals surface area contributed by atoms with Crippen molar-refractivity contribution in [2.75, 3.05) is 53.9 Å². The zero-order valence-corrected chi connectivity index (χ0v) is 9.92. The van der Waals surface area contributed by atoms with Gasteiger partial charge in [0.1, 0.15) is 0 Å². The minimum Gasteiger partial charge on any atom is -0.316 e. The fourth-order valence-corrected chi connectivity index (χ4v) is 1.72. The summed E-state index contributed by atoms with van der Waals surface area (Å²) in [5, 5.41) is 3.32. The Morgan fingerprint density at radius 1 is 1.07 bits per heavy atom. The van der Waals surface area contributed by atoms with Crippen LogP contribution in [-0.4, -0.2) is 63.7 Å². The molecule has 3 nitrogen and oxygen atoms in total. The molecule has 1 N–H and O–H groups in total. The Labute approximate surface area is 88.5 Å². The van der Waals surface area contributed by atoms with E-state index < -0.39 is 0 Å². The molecule has 1 fully saturated rings. The van der Waals surface area contributed by atoms with E-state index in [0.29, 0.717) is 0 Å². The first-order chi connectivity index (χ1) is 6.68. The summed E-state index contributed by atoms with van der Waals surface area (Å²) in [6.45, 7) is 6.19. The van der Waals surface area contributed by atoms with Crippen LogP contribution in [0.1, 0.15) is 12.8 Å². The maximum atomic E-state index is 3.32. The first-order valence-corrected chi connectivity index (χ1v) is 5.72. The number of nitrogens with one attached hydrogen (secondary N) is 1. The van der Waals surface area contributed by atoms with Crippen molar-refractivity contribution >= 4 is 0 Å². The number of rotatable bonds is 7. The zero-order chi connectivity index (χ0) is 10.4. The van der Waals surface area contributed by atoms with Gasteiger partial charge in [0, 0.05) is 0 Å². The summed E-state index contributed by atoms with van der Waals surface area (Å²) >= 11 is 0. The molecule has 0 aliphatic carbocycles. The molecule has 0 spiro atoms. The molecule has 0 aromatic rings. The maximum Gasteiger partial charge on any atom is -0.000778 e. The Bertz CT molecular complexity index is 143. The first kappa shape index (κ1) is 12.0. The third kappa shape index (κ3) is 4.94. The summed E-state index contributed by atoms with van der Waals surface area (Å²) in [6, 6.07) is 0. The predicted octanol–water partition coefficient (Wildman–Crippen LogP) is 0.479. The molecule has 3 heteroatoms. The van der Waals surface area contributed by atoms with Crippen LogP contribution in [0.25, 0.3) is 0 Å². The van der Waals surface area contributed by atoms with Crippen LogP contribution in [0.3, 0.4) is 0 Å². The standard InChI is InChI=1S/C11H25N3/c1-13(2)6-4-7-14(3)8-5-11-9-12-10-11/h11-12H,4-10H2,1-3H3. The van der Waals surface area contributed by atoms with Crippen molar-refractivity contribution in [2.24, 2.45) is 5.92 Å². The van der Waals surface area contributed by atoms with Crippen LogP contribution in [-0.2, 0) is 0 Å². The van der Waals surface area contributed by atoms with E-state index in [1.54, 1.807) is 0 Å². The lowest BCUT2D eigenvalue weighted by atomic mass is 9.99. The Morgan fingerprint density at radius 3 is 2.29 bits per heavy atom. The van der Waals surface area contributed by atoms with Crippen molar-refractivity contribution in [3.63, 3.8) is 0 Å². The predicted molar refractivity (Wildman–Crippen MR) is 61.6 cm³/mol. The summed E-state index contributed by atoms with van der Waals surface area (Å²) < 4.78 is 0.